The van der Waals surface area contributed by atoms with Crippen LogP contribution in [0, 0.1) is 0 Å². The molecule has 0 aliphatic heterocycles. The van der Waals surface area contributed by atoms with E-state index < -0.39 is 0 Å². The monoisotopic (exact) mass is 281 g/mol. The van der Waals surface area contributed by atoms with Gasteiger partial charge in [0.2, 0.25) is 0 Å². The maximum absolute atomic E-state index is 11.6. The lowest BCUT2D eigenvalue weighted by atomic mass is 10.1. The summed E-state index contributed by atoms with van der Waals surface area (Å²) >= 11 is 0. The van der Waals surface area contributed by atoms with Crippen LogP contribution in [-0.4, -0.2) is 5.91 Å². The van der Waals surface area contributed by atoms with E-state index in [9.17, 15) is 4.79 Å². The second-order valence-corrected chi connectivity index (χ2v) is 4.67. The first-order valence-corrected chi connectivity index (χ1v) is 7.00. The van der Waals surface area contributed by atoms with Crippen molar-refractivity contribution in [3.05, 3.63) is 77.4 Å². The van der Waals surface area contributed by atoms with Gasteiger partial charge in [0.15, 0.2) is 0 Å². The normalized spacial score (nSPS) is 10.7. The Balaban J connectivity index is 1.77. The van der Waals surface area contributed by atoms with Gasteiger partial charge in [0.05, 0.1) is 6.61 Å². The third-order valence-electron chi connectivity index (χ3n) is 3.07. The predicted octanol–water partition coefficient (Wildman–Crippen LogP) is 3.51. The first-order chi connectivity index (χ1) is 10.3. The summed E-state index contributed by atoms with van der Waals surface area (Å²) in [5.74, 6) is -0.273. The first kappa shape index (κ1) is 15.0. The quantitative estimate of drug-likeness (QED) is 0.650. The van der Waals surface area contributed by atoms with Crippen molar-refractivity contribution in [1.29, 1.82) is 0 Å². The fourth-order valence-corrected chi connectivity index (χ4v) is 1.84. The fraction of sp³-hybridized carbons (Fsp3) is 0.167. The first-order valence-electron chi connectivity index (χ1n) is 7.00. The van der Waals surface area contributed by atoms with E-state index in [0.717, 1.165) is 17.5 Å². The molecule has 0 aliphatic rings. The van der Waals surface area contributed by atoms with Gasteiger partial charge in [-0.1, -0.05) is 61.5 Å². The summed E-state index contributed by atoms with van der Waals surface area (Å²) < 4.78 is 0. The lowest BCUT2D eigenvalue weighted by molar-refractivity contribution is -0.129. The highest BCUT2D eigenvalue weighted by molar-refractivity contribution is 5.90. The molecule has 0 heterocycles. The van der Waals surface area contributed by atoms with Crippen molar-refractivity contribution < 1.29 is 9.63 Å². The van der Waals surface area contributed by atoms with Crippen LogP contribution >= 0.6 is 0 Å². The number of carbonyl (C=O) groups excluding carboxylic acids is 1. The van der Waals surface area contributed by atoms with Crippen LogP contribution in [0.3, 0.4) is 0 Å². The van der Waals surface area contributed by atoms with Gasteiger partial charge in [-0.25, -0.2) is 5.48 Å². The molecule has 0 unspecified atom stereocenters. The van der Waals surface area contributed by atoms with Gasteiger partial charge in [0.25, 0.3) is 5.91 Å². The molecule has 2 aromatic carbocycles. The average molecular weight is 281 g/mol. The summed E-state index contributed by atoms with van der Waals surface area (Å²) in [6.45, 7) is 2.47. The third-order valence-corrected chi connectivity index (χ3v) is 3.07. The second kappa shape index (κ2) is 8.02. The molecule has 1 N–H and O–H groups in total. The van der Waals surface area contributed by atoms with E-state index in [0.29, 0.717) is 6.61 Å². The Bertz CT molecular complexity index is 588. The summed E-state index contributed by atoms with van der Waals surface area (Å²) in [6, 6.07) is 17.8. The third kappa shape index (κ3) is 5.24. The number of hydrogen-bond donors (Lipinski definition) is 1. The fourth-order valence-electron chi connectivity index (χ4n) is 1.84. The molecule has 0 aromatic heterocycles. The Morgan fingerprint density at radius 2 is 1.76 bits per heavy atom. The molecule has 0 saturated heterocycles. The largest absolute Gasteiger partial charge is 0.269 e. The van der Waals surface area contributed by atoms with Crippen LogP contribution < -0.4 is 5.48 Å². The van der Waals surface area contributed by atoms with E-state index in [2.05, 4.69) is 24.5 Å². The number of rotatable bonds is 6. The number of hydroxylamine groups is 1. The zero-order valence-corrected chi connectivity index (χ0v) is 12.1. The van der Waals surface area contributed by atoms with Crippen molar-refractivity contribution in [3.8, 4) is 0 Å². The average Bonchev–Trinajstić information content (AvgIpc) is 2.54. The highest BCUT2D eigenvalue weighted by Gasteiger charge is 1.96. The smallest absolute Gasteiger partial charge is 0.267 e. The molecule has 0 fully saturated rings. The van der Waals surface area contributed by atoms with Crippen molar-refractivity contribution in [3.63, 3.8) is 0 Å². The summed E-state index contributed by atoms with van der Waals surface area (Å²) in [4.78, 5) is 16.8. The molecule has 2 rings (SSSR count). The van der Waals surface area contributed by atoms with Crippen LogP contribution in [0.2, 0.25) is 0 Å². The molecule has 0 saturated carbocycles. The minimum absolute atomic E-state index is 0.273. The number of amides is 1. The summed E-state index contributed by atoms with van der Waals surface area (Å²) in [5, 5.41) is 0. The van der Waals surface area contributed by atoms with E-state index in [-0.39, 0.29) is 5.91 Å². The Kier molecular flexibility index (Phi) is 5.73. The Morgan fingerprint density at radius 1 is 1.05 bits per heavy atom. The zero-order valence-electron chi connectivity index (χ0n) is 12.1. The number of benzene rings is 2. The molecule has 21 heavy (non-hydrogen) atoms. The van der Waals surface area contributed by atoms with Crippen molar-refractivity contribution in [2.75, 3.05) is 0 Å². The number of hydrogen-bond acceptors (Lipinski definition) is 2. The van der Waals surface area contributed by atoms with E-state index in [1.807, 2.05) is 42.5 Å². The molecule has 3 heteroatoms. The van der Waals surface area contributed by atoms with Crippen LogP contribution in [0.15, 0.2) is 60.7 Å². The molecule has 0 atom stereocenters. The van der Waals surface area contributed by atoms with Crippen molar-refractivity contribution in [1.82, 2.24) is 5.48 Å². The second-order valence-electron chi connectivity index (χ2n) is 4.67. The number of nitrogens with one attached hydrogen (secondary N) is 1. The summed E-state index contributed by atoms with van der Waals surface area (Å²) in [7, 11) is 0. The standard InChI is InChI=1S/C18H19NO2/c1-2-15-8-10-16(11-9-15)12-13-18(20)19-21-14-17-6-4-3-5-7-17/h3-13H,2,14H2,1H3,(H,19,20)/b13-12+. The van der Waals surface area contributed by atoms with Gasteiger partial charge in [-0.05, 0) is 29.2 Å². The topological polar surface area (TPSA) is 38.3 Å². The SMILES string of the molecule is CCc1ccc(/C=C/C(=O)NOCc2ccccc2)cc1. The molecule has 0 spiro atoms. The summed E-state index contributed by atoms with van der Waals surface area (Å²) in [5.41, 5.74) is 5.68. The molecular weight excluding hydrogens is 262 g/mol. The Morgan fingerprint density at radius 3 is 2.43 bits per heavy atom. The van der Waals surface area contributed by atoms with Crippen LogP contribution in [0.4, 0.5) is 0 Å². The molecule has 0 aliphatic carbocycles. The van der Waals surface area contributed by atoms with Gasteiger partial charge in [0, 0.05) is 6.08 Å². The van der Waals surface area contributed by atoms with Crippen LogP contribution in [-0.2, 0) is 22.7 Å². The predicted molar refractivity (Wildman–Crippen MR) is 84.2 cm³/mol. The van der Waals surface area contributed by atoms with Crippen LogP contribution in [0.5, 0.6) is 0 Å². The van der Waals surface area contributed by atoms with Gasteiger partial charge in [0.1, 0.15) is 0 Å². The van der Waals surface area contributed by atoms with E-state index >= 15 is 0 Å². The Labute approximate surface area is 125 Å². The maximum atomic E-state index is 11.6. The molecule has 2 aromatic rings. The van der Waals surface area contributed by atoms with Gasteiger partial charge < -0.3 is 0 Å². The number of aryl methyl sites for hydroxylation is 1. The van der Waals surface area contributed by atoms with Gasteiger partial charge in [-0.3, -0.25) is 9.63 Å². The molecule has 0 radical (unpaired) electrons. The molecule has 0 bridgehead atoms. The van der Waals surface area contributed by atoms with Crippen LogP contribution in [0.1, 0.15) is 23.6 Å². The summed E-state index contributed by atoms with van der Waals surface area (Å²) in [6.07, 6.45) is 4.24. The lowest BCUT2D eigenvalue weighted by Gasteiger charge is -2.03. The highest BCUT2D eigenvalue weighted by atomic mass is 16.6. The number of carbonyl (C=O) groups is 1. The van der Waals surface area contributed by atoms with Crippen LogP contribution in [0.25, 0.3) is 6.08 Å². The van der Waals surface area contributed by atoms with Gasteiger partial charge in [-0.2, -0.15) is 0 Å². The minimum Gasteiger partial charge on any atom is -0.269 e. The Hall–Kier alpha value is -2.39. The van der Waals surface area contributed by atoms with E-state index in [4.69, 9.17) is 4.84 Å². The molecule has 1 amide bonds. The van der Waals surface area contributed by atoms with E-state index in [1.54, 1.807) is 6.08 Å². The maximum Gasteiger partial charge on any atom is 0.267 e. The zero-order chi connectivity index (χ0) is 14.9. The lowest BCUT2D eigenvalue weighted by Crippen LogP contribution is -2.21. The van der Waals surface area contributed by atoms with Crippen molar-refractivity contribution in [2.45, 2.75) is 20.0 Å². The van der Waals surface area contributed by atoms with Gasteiger partial charge >= 0.3 is 0 Å². The van der Waals surface area contributed by atoms with Crippen molar-refractivity contribution in [2.24, 2.45) is 0 Å². The van der Waals surface area contributed by atoms with Gasteiger partial charge in [-0.15, -0.1) is 0 Å². The highest BCUT2D eigenvalue weighted by Crippen LogP contribution is 2.06. The van der Waals surface area contributed by atoms with Crippen molar-refractivity contribution >= 4 is 12.0 Å². The minimum atomic E-state index is -0.273. The molecule has 108 valence electrons. The molecular formula is C18H19NO2. The van der Waals surface area contributed by atoms with E-state index in [1.165, 1.54) is 11.6 Å². The molecule has 3 nitrogen and oxygen atoms in total.